The summed E-state index contributed by atoms with van der Waals surface area (Å²) >= 11 is 0. The summed E-state index contributed by atoms with van der Waals surface area (Å²) in [5.41, 5.74) is 0.889. The first kappa shape index (κ1) is 11.0. The molecule has 1 aromatic carbocycles. The lowest BCUT2D eigenvalue weighted by molar-refractivity contribution is 0.0464. The molecule has 1 saturated heterocycles. The van der Waals surface area contributed by atoms with Gasteiger partial charge in [-0.05, 0) is 5.56 Å². The summed E-state index contributed by atoms with van der Waals surface area (Å²) in [4.78, 5) is 0. The van der Waals surface area contributed by atoms with Gasteiger partial charge in [0.05, 0.1) is 18.3 Å². The lowest BCUT2D eigenvalue weighted by Crippen LogP contribution is -2.32. The minimum atomic E-state index is -0.576. The molecule has 0 amide bonds. The Morgan fingerprint density at radius 1 is 1.12 bits per heavy atom. The molecule has 5 atom stereocenters. The highest BCUT2D eigenvalue weighted by atomic mass is 16.5. The van der Waals surface area contributed by atoms with Gasteiger partial charge in [-0.25, -0.2) is 0 Å². The molecule has 2 N–H and O–H groups in total. The van der Waals surface area contributed by atoms with E-state index in [-0.39, 0.29) is 30.7 Å². The van der Waals surface area contributed by atoms with Gasteiger partial charge in [0.1, 0.15) is 0 Å². The summed E-state index contributed by atoms with van der Waals surface area (Å²) in [7, 11) is 0. The third-order valence-corrected chi connectivity index (χ3v) is 3.82. The molecule has 3 rings (SSSR count). The molecule has 3 heteroatoms. The summed E-state index contributed by atoms with van der Waals surface area (Å²) in [6, 6.07) is 9.58. The number of fused-ring (bicyclic) bond motifs is 2. The van der Waals surface area contributed by atoms with Crippen molar-refractivity contribution < 1.29 is 14.9 Å². The fraction of sp³-hybridized carbons (Fsp3) is 0.429. The van der Waals surface area contributed by atoms with Crippen LogP contribution in [0, 0.1) is 11.8 Å². The average molecular weight is 232 g/mol. The minimum absolute atomic E-state index is 0.000191. The Labute approximate surface area is 100 Å². The fourth-order valence-electron chi connectivity index (χ4n) is 2.93. The van der Waals surface area contributed by atoms with Gasteiger partial charge in [0.15, 0.2) is 0 Å². The lowest BCUT2D eigenvalue weighted by atomic mass is 9.78. The number of hydrogen-bond acceptors (Lipinski definition) is 3. The first-order valence-corrected chi connectivity index (χ1v) is 5.99. The number of ether oxygens (including phenoxy) is 1. The van der Waals surface area contributed by atoms with Gasteiger partial charge in [0.25, 0.3) is 0 Å². The summed E-state index contributed by atoms with van der Waals surface area (Å²) in [5, 5.41) is 19.8. The molecule has 17 heavy (non-hydrogen) atoms. The fourth-order valence-corrected chi connectivity index (χ4v) is 2.93. The summed E-state index contributed by atoms with van der Waals surface area (Å²) < 4.78 is 5.70. The van der Waals surface area contributed by atoms with E-state index in [0.29, 0.717) is 0 Å². The number of benzene rings is 1. The van der Waals surface area contributed by atoms with E-state index in [0.717, 1.165) is 5.56 Å². The smallest absolute Gasteiger partial charge is 0.0850 e. The largest absolute Gasteiger partial charge is 0.396 e. The average Bonchev–Trinajstić information content (AvgIpc) is 2.98. The van der Waals surface area contributed by atoms with Crippen LogP contribution in [0.5, 0.6) is 0 Å². The van der Waals surface area contributed by atoms with Gasteiger partial charge in [0.2, 0.25) is 0 Å². The molecular formula is C14H16O3. The van der Waals surface area contributed by atoms with Crippen molar-refractivity contribution in [3.63, 3.8) is 0 Å². The van der Waals surface area contributed by atoms with Crippen LogP contribution in [-0.2, 0) is 4.74 Å². The number of hydrogen-bond donors (Lipinski definition) is 2. The van der Waals surface area contributed by atoms with E-state index in [4.69, 9.17) is 4.74 Å². The Morgan fingerprint density at radius 3 is 2.53 bits per heavy atom. The summed E-state index contributed by atoms with van der Waals surface area (Å²) in [5.74, 6) is -0.0439. The standard InChI is InChI=1S/C14H16O3/c15-8-10-11-6-7-12(17-11)13(10)14(16)9-4-2-1-3-5-9/h1-7,10-16H,8H2/t10-,11-,12+,13-,14+/m0/s1. The maximum Gasteiger partial charge on any atom is 0.0850 e. The summed E-state index contributed by atoms with van der Waals surface area (Å²) in [6.45, 7) is 0.0556. The number of rotatable bonds is 3. The Balaban J connectivity index is 1.87. The van der Waals surface area contributed by atoms with E-state index in [1.165, 1.54) is 0 Å². The molecule has 90 valence electrons. The van der Waals surface area contributed by atoms with Crippen LogP contribution in [0.2, 0.25) is 0 Å². The zero-order valence-corrected chi connectivity index (χ0v) is 9.44. The second-order valence-electron chi connectivity index (χ2n) is 4.73. The second kappa shape index (κ2) is 4.26. The predicted molar refractivity (Wildman–Crippen MR) is 63.3 cm³/mol. The zero-order valence-electron chi connectivity index (χ0n) is 9.44. The van der Waals surface area contributed by atoms with Crippen molar-refractivity contribution in [2.75, 3.05) is 6.61 Å². The van der Waals surface area contributed by atoms with Crippen molar-refractivity contribution in [3.8, 4) is 0 Å². The Morgan fingerprint density at radius 2 is 1.82 bits per heavy atom. The van der Waals surface area contributed by atoms with Crippen LogP contribution in [0.1, 0.15) is 11.7 Å². The van der Waals surface area contributed by atoms with Gasteiger partial charge >= 0.3 is 0 Å². The van der Waals surface area contributed by atoms with Crippen molar-refractivity contribution in [3.05, 3.63) is 48.0 Å². The van der Waals surface area contributed by atoms with Crippen LogP contribution in [0.4, 0.5) is 0 Å². The van der Waals surface area contributed by atoms with E-state index < -0.39 is 6.10 Å². The molecule has 2 heterocycles. The molecule has 0 saturated carbocycles. The van der Waals surface area contributed by atoms with Crippen LogP contribution in [-0.4, -0.2) is 29.0 Å². The Kier molecular flexibility index (Phi) is 2.74. The molecular weight excluding hydrogens is 216 g/mol. The highest BCUT2D eigenvalue weighted by molar-refractivity contribution is 5.23. The third-order valence-electron chi connectivity index (χ3n) is 3.82. The molecule has 1 aromatic rings. The van der Waals surface area contributed by atoms with Crippen molar-refractivity contribution in [2.45, 2.75) is 18.3 Å². The SMILES string of the molecule is OC[C@@H]1[C@H]([C@H](O)c2ccccc2)[C@H]2C=C[C@@H]1O2. The van der Waals surface area contributed by atoms with E-state index >= 15 is 0 Å². The van der Waals surface area contributed by atoms with E-state index in [2.05, 4.69) is 0 Å². The summed E-state index contributed by atoms with van der Waals surface area (Å²) in [6.07, 6.45) is 3.31. The Hall–Kier alpha value is -1.16. The molecule has 2 aliphatic heterocycles. The molecule has 0 aromatic heterocycles. The first-order valence-electron chi connectivity index (χ1n) is 5.99. The van der Waals surface area contributed by atoms with E-state index in [1.807, 2.05) is 42.5 Å². The zero-order chi connectivity index (χ0) is 11.8. The topological polar surface area (TPSA) is 49.7 Å². The monoisotopic (exact) mass is 232 g/mol. The van der Waals surface area contributed by atoms with Crippen LogP contribution < -0.4 is 0 Å². The Bertz CT molecular complexity index is 415. The predicted octanol–water partition coefficient (Wildman–Crippen LogP) is 1.28. The van der Waals surface area contributed by atoms with Gasteiger partial charge in [-0.1, -0.05) is 42.5 Å². The molecule has 0 radical (unpaired) electrons. The van der Waals surface area contributed by atoms with Crippen molar-refractivity contribution in [2.24, 2.45) is 11.8 Å². The molecule has 0 aliphatic carbocycles. The van der Waals surface area contributed by atoms with Crippen LogP contribution in [0.25, 0.3) is 0 Å². The van der Waals surface area contributed by atoms with Gasteiger partial charge in [-0.15, -0.1) is 0 Å². The van der Waals surface area contributed by atoms with E-state index in [1.54, 1.807) is 0 Å². The van der Waals surface area contributed by atoms with Gasteiger partial charge < -0.3 is 14.9 Å². The quantitative estimate of drug-likeness (QED) is 0.772. The van der Waals surface area contributed by atoms with Crippen molar-refractivity contribution >= 4 is 0 Å². The van der Waals surface area contributed by atoms with Crippen LogP contribution in [0.15, 0.2) is 42.5 Å². The highest BCUT2D eigenvalue weighted by Crippen LogP contribution is 2.44. The number of aliphatic hydroxyl groups excluding tert-OH is 2. The molecule has 0 unspecified atom stereocenters. The van der Waals surface area contributed by atoms with Gasteiger partial charge in [0, 0.05) is 18.4 Å². The maximum atomic E-state index is 10.4. The molecule has 2 bridgehead atoms. The van der Waals surface area contributed by atoms with Crippen molar-refractivity contribution in [1.82, 2.24) is 0 Å². The third kappa shape index (κ3) is 1.71. The van der Waals surface area contributed by atoms with Crippen LogP contribution in [0.3, 0.4) is 0 Å². The second-order valence-corrected chi connectivity index (χ2v) is 4.73. The van der Waals surface area contributed by atoms with E-state index in [9.17, 15) is 10.2 Å². The minimum Gasteiger partial charge on any atom is -0.396 e. The van der Waals surface area contributed by atoms with Gasteiger partial charge in [-0.3, -0.25) is 0 Å². The lowest BCUT2D eigenvalue weighted by Gasteiger charge is -2.28. The maximum absolute atomic E-state index is 10.4. The molecule has 3 nitrogen and oxygen atoms in total. The van der Waals surface area contributed by atoms with Crippen LogP contribution >= 0.6 is 0 Å². The van der Waals surface area contributed by atoms with Crippen molar-refractivity contribution in [1.29, 1.82) is 0 Å². The first-order chi connectivity index (χ1) is 8.31. The normalized spacial score (nSPS) is 36.4. The molecule has 0 spiro atoms. The van der Waals surface area contributed by atoms with Gasteiger partial charge in [-0.2, -0.15) is 0 Å². The molecule has 1 fully saturated rings. The number of aliphatic hydroxyl groups is 2. The molecule has 2 aliphatic rings. The highest BCUT2D eigenvalue weighted by Gasteiger charge is 2.48.